The molecule has 0 radical (unpaired) electrons. The van der Waals surface area contributed by atoms with Gasteiger partial charge in [0.1, 0.15) is 0 Å². The smallest absolute Gasteiger partial charge is 0.221 e. The zero-order valence-corrected chi connectivity index (χ0v) is 13.6. The number of nitrogens with zero attached hydrogens (tertiary/aromatic N) is 2. The second-order valence-corrected chi connectivity index (χ2v) is 6.79. The number of carbonyl (C=O) groups excluding carboxylic acids is 1. The predicted octanol–water partition coefficient (Wildman–Crippen LogP) is 0.822. The van der Waals surface area contributed by atoms with Crippen LogP contribution in [-0.2, 0) is 4.79 Å². The van der Waals surface area contributed by atoms with Crippen molar-refractivity contribution in [2.75, 3.05) is 32.7 Å². The number of nitrogens with one attached hydrogen (secondary N) is 1. The quantitative estimate of drug-likeness (QED) is 0.762. The van der Waals surface area contributed by atoms with Crippen molar-refractivity contribution in [3.05, 3.63) is 0 Å². The van der Waals surface area contributed by atoms with Gasteiger partial charge in [-0.3, -0.25) is 9.69 Å². The first kappa shape index (κ1) is 16.7. The van der Waals surface area contributed by atoms with Crippen LogP contribution in [0.25, 0.3) is 0 Å². The molecule has 5 nitrogen and oxygen atoms in total. The first-order chi connectivity index (χ1) is 10.0. The van der Waals surface area contributed by atoms with Crippen LogP contribution >= 0.6 is 0 Å². The Bertz CT molecular complexity index is 329. The van der Waals surface area contributed by atoms with Crippen LogP contribution in [0.5, 0.6) is 0 Å². The van der Waals surface area contributed by atoms with E-state index in [1.165, 1.54) is 12.8 Å². The zero-order valence-electron chi connectivity index (χ0n) is 13.6. The van der Waals surface area contributed by atoms with E-state index in [0.29, 0.717) is 18.5 Å². The van der Waals surface area contributed by atoms with Crippen molar-refractivity contribution in [1.82, 2.24) is 15.1 Å². The third-order valence-corrected chi connectivity index (χ3v) is 4.72. The number of piperazine rings is 1. The first-order valence-corrected chi connectivity index (χ1v) is 8.48. The second-order valence-electron chi connectivity index (χ2n) is 6.79. The molecule has 1 amide bonds. The van der Waals surface area contributed by atoms with Gasteiger partial charge in [0.2, 0.25) is 5.91 Å². The second kappa shape index (κ2) is 8.11. The molecule has 1 saturated carbocycles. The molecule has 0 spiro atoms. The molecule has 0 bridgehead atoms. The Morgan fingerprint density at radius 3 is 2.67 bits per heavy atom. The highest BCUT2D eigenvalue weighted by atomic mass is 16.3. The summed E-state index contributed by atoms with van der Waals surface area (Å²) in [6.45, 7) is 8.61. The molecule has 1 aliphatic heterocycles. The Hall–Kier alpha value is -0.650. The van der Waals surface area contributed by atoms with E-state index in [2.05, 4.69) is 22.0 Å². The maximum absolute atomic E-state index is 12.0. The summed E-state index contributed by atoms with van der Waals surface area (Å²) in [6.07, 6.45) is 5.17. The van der Waals surface area contributed by atoms with E-state index in [9.17, 15) is 9.90 Å². The fourth-order valence-electron chi connectivity index (χ4n) is 3.51. The third-order valence-electron chi connectivity index (χ3n) is 4.72. The largest absolute Gasteiger partial charge is 0.392 e. The number of carbonyl (C=O) groups is 1. The molecule has 0 aromatic carbocycles. The molecule has 0 aromatic heterocycles. The normalized spacial score (nSPS) is 26.9. The Labute approximate surface area is 128 Å². The van der Waals surface area contributed by atoms with Crippen molar-refractivity contribution in [2.45, 2.75) is 64.1 Å². The van der Waals surface area contributed by atoms with Crippen LogP contribution in [0.3, 0.4) is 0 Å². The molecule has 0 aromatic rings. The van der Waals surface area contributed by atoms with E-state index in [4.69, 9.17) is 0 Å². The van der Waals surface area contributed by atoms with Crippen molar-refractivity contribution in [1.29, 1.82) is 0 Å². The van der Waals surface area contributed by atoms with Gasteiger partial charge in [-0.15, -0.1) is 0 Å². The molecular weight excluding hydrogens is 266 g/mol. The third kappa shape index (κ3) is 5.57. The van der Waals surface area contributed by atoms with E-state index in [-0.39, 0.29) is 12.0 Å². The fourth-order valence-corrected chi connectivity index (χ4v) is 3.51. The number of hydrogen-bond acceptors (Lipinski definition) is 4. The maximum atomic E-state index is 12.0. The number of aliphatic hydroxyl groups excluding tert-OH is 1. The van der Waals surface area contributed by atoms with Crippen LogP contribution < -0.4 is 5.32 Å². The summed E-state index contributed by atoms with van der Waals surface area (Å²) in [5.74, 6) is 0.209. The minimum absolute atomic E-state index is 0.209. The molecule has 1 saturated heterocycles. The summed E-state index contributed by atoms with van der Waals surface area (Å²) in [5, 5.41) is 12.6. The van der Waals surface area contributed by atoms with Gasteiger partial charge >= 0.3 is 0 Å². The van der Waals surface area contributed by atoms with E-state index in [0.717, 1.165) is 45.6 Å². The molecule has 1 aliphatic carbocycles. The van der Waals surface area contributed by atoms with Gasteiger partial charge in [0.15, 0.2) is 0 Å². The lowest BCUT2D eigenvalue weighted by molar-refractivity contribution is -0.122. The Balaban J connectivity index is 1.64. The van der Waals surface area contributed by atoms with Gasteiger partial charge < -0.3 is 15.3 Å². The highest BCUT2D eigenvalue weighted by molar-refractivity contribution is 5.76. The van der Waals surface area contributed by atoms with E-state index in [1.807, 2.05) is 6.92 Å². The molecule has 122 valence electrons. The molecule has 2 rings (SSSR count). The van der Waals surface area contributed by atoms with Crippen LogP contribution in [0.4, 0.5) is 0 Å². The number of rotatable bonds is 6. The number of aliphatic hydroxyl groups is 1. The molecule has 0 unspecified atom stereocenters. The Morgan fingerprint density at radius 2 is 2.05 bits per heavy atom. The molecule has 2 fully saturated rings. The van der Waals surface area contributed by atoms with Gasteiger partial charge in [0, 0.05) is 51.2 Å². The van der Waals surface area contributed by atoms with E-state index >= 15 is 0 Å². The topological polar surface area (TPSA) is 55.8 Å². The summed E-state index contributed by atoms with van der Waals surface area (Å²) in [6, 6.07) is 0.880. The van der Waals surface area contributed by atoms with Gasteiger partial charge in [-0.05, 0) is 26.7 Å². The standard InChI is InChI=1S/C16H31N3O2/c1-13-11-18(9-10-19(13)12-14(2)20)8-7-16(21)17-15-5-3-4-6-15/h13-15,20H,3-12H2,1-2H3,(H,17,21)/t13-,14-/m0/s1. The number of amides is 1. The average molecular weight is 297 g/mol. The lowest BCUT2D eigenvalue weighted by Gasteiger charge is -2.40. The maximum Gasteiger partial charge on any atom is 0.221 e. The molecular formula is C16H31N3O2. The van der Waals surface area contributed by atoms with Crippen molar-refractivity contribution < 1.29 is 9.90 Å². The number of β-amino-alcohol motifs (C(OH)–C–C–N with tert-alkyl or cyclic N) is 1. The van der Waals surface area contributed by atoms with Gasteiger partial charge in [0.05, 0.1) is 6.10 Å². The monoisotopic (exact) mass is 297 g/mol. The molecule has 21 heavy (non-hydrogen) atoms. The summed E-state index contributed by atoms with van der Waals surface area (Å²) in [4.78, 5) is 16.7. The summed E-state index contributed by atoms with van der Waals surface area (Å²) in [5.41, 5.74) is 0. The van der Waals surface area contributed by atoms with Gasteiger partial charge in [0.25, 0.3) is 0 Å². The van der Waals surface area contributed by atoms with Crippen molar-refractivity contribution >= 4 is 5.91 Å². The van der Waals surface area contributed by atoms with E-state index < -0.39 is 0 Å². The van der Waals surface area contributed by atoms with Crippen LogP contribution in [0, 0.1) is 0 Å². The highest BCUT2D eigenvalue weighted by Gasteiger charge is 2.25. The highest BCUT2D eigenvalue weighted by Crippen LogP contribution is 2.17. The van der Waals surface area contributed by atoms with Gasteiger partial charge in [-0.2, -0.15) is 0 Å². The first-order valence-electron chi connectivity index (χ1n) is 8.48. The predicted molar refractivity (Wildman–Crippen MR) is 84.2 cm³/mol. The lowest BCUT2D eigenvalue weighted by Crippen LogP contribution is -2.53. The van der Waals surface area contributed by atoms with Crippen LogP contribution in [0.1, 0.15) is 46.0 Å². The van der Waals surface area contributed by atoms with Gasteiger partial charge in [-0.25, -0.2) is 0 Å². The number of hydrogen-bond donors (Lipinski definition) is 2. The molecule has 2 N–H and O–H groups in total. The van der Waals surface area contributed by atoms with Crippen LogP contribution in [0.2, 0.25) is 0 Å². The minimum Gasteiger partial charge on any atom is -0.392 e. The van der Waals surface area contributed by atoms with Crippen LogP contribution in [0.15, 0.2) is 0 Å². The fraction of sp³-hybridized carbons (Fsp3) is 0.938. The SMILES string of the molecule is C[C@H](O)CN1CCN(CCC(=O)NC2CCCC2)C[C@@H]1C. The molecule has 5 heteroatoms. The Kier molecular flexibility index (Phi) is 6.45. The van der Waals surface area contributed by atoms with E-state index in [1.54, 1.807) is 0 Å². The van der Waals surface area contributed by atoms with Crippen molar-refractivity contribution in [3.63, 3.8) is 0 Å². The lowest BCUT2D eigenvalue weighted by atomic mass is 10.1. The summed E-state index contributed by atoms with van der Waals surface area (Å²) < 4.78 is 0. The van der Waals surface area contributed by atoms with Crippen molar-refractivity contribution in [2.24, 2.45) is 0 Å². The zero-order chi connectivity index (χ0) is 15.2. The average Bonchev–Trinajstić information content (AvgIpc) is 2.91. The minimum atomic E-state index is -0.267. The van der Waals surface area contributed by atoms with Crippen molar-refractivity contribution in [3.8, 4) is 0 Å². The molecule has 1 heterocycles. The molecule has 2 atom stereocenters. The summed E-state index contributed by atoms with van der Waals surface area (Å²) >= 11 is 0. The van der Waals surface area contributed by atoms with Crippen LogP contribution in [-0.4, -0.2) is 71.7 Å². The van der Waals surface area contributed by atoms with Gasteiger partial charge in [-0.1, -0.05) is 12.8 Å². The molecule has 2 aliphatic rings. The summed E-state index contributed by atoms with van der Waals surface area (Å²) in [7, 11) is 0. The Morgan fingerprint density at radius 1 is 1.33 bits per heavy atom.